The Morgan fingerprint density at radius 2 is 1.93 bits per heavy atom. The van der Waals surface area contributed by atoms with Crippen molar-refractivity contribution in [3.8, 4) is 17.2 Å². The lowest BCUT2D eigenvalue weighted by Gasteiger charge is -2.35. The van der Waals surface area contributed by atoms with Crippen LogP contribution in [0, 0.1) is 11.8 Å². The minimum Gasteiger partial charge on any atom is -0.488 e. The van der Waals surface area contributed by atoms with Crippen molar-refractivity contribution in [2.75, 3.05) is 24.8 Å². The molecule has 3 aliphatic rings. The van der Waals surface area contributed by atoms with Crippen LogP contribution in [-0.4, -0.2) is 51.6 Å². The monoisotopic (exact) mass is 394 g/mol. The van der Waals surface area contributed by atoms with Crippen molar-refractivity contribution in [1.82, 2.24) is 14.4 Å². The summed E-state index contributed by atoms with van der Waals surface area (Å²) in [5, 5.41) is 10.7. The van der Waals surface area contributed by atoms with Gasteiger partial charge in [0.2, 0.25) is 6.79 Å². The van der Waals surface area contributed by atoms with Crippen LogP contribution in [0.25, 0.3) is 5.65 Å². The van der Waals surface area contributed by atoms with Crippen LogP contribution in [-0.2, 0) is 0 Å². The Kier molecular flexibility index (Phi) is 3.80. The summed E-state index contributed by atoms with van der Waals surface area (Å²) in [7, 11) is 0. The van der Waals surface area contributed by atoms with Gasteiger partial charge in [-0.25, -0.2) is 4.98 Å². The maximum atomic E-state index is 10.7. The molecule has 0 amide bonds. The number of aliphatic hydroxyl groups excluding tert-OH is 1. The van der Waals surface area contributed by atoms with Crippen molar-refractivity contribution in [1.29, 1.82) is 0 Å². The van der Waals surface area contributed by atoms with Gasteiger partial charge in [-0.3, -0.25) is 9.38 Å². The topological polar surface area (TPSA) is 81.4 Å². The largest absolute Gasteiger partial charge is 0.488 e. The minimum absolute atomic E-state index is 0.223. The van der Waals surface area contributed by atoms with Crippen LogP contribution in [0.5, 0.6) is 17.2 Å². The zero-order valence-electron chi connectivity index (χ0n) is 15.8. The molecular weight excluding hydrogens is 372 g/mol. The maximum Gasteiger partial charge on any atom is 0.231 e. The highest BCUT2D eigenvalue weighted by molar-refractivity contribution is 5.49. The summed E-state index contributed by atoms with van der Waals surface area (Å²) in [5.74, 6) is 4.10. The zero-order chi connectivity index (χ0) is 19.4. The second kappa shape index (κ2) is 6.52. The third-order valence-corrected chi connectivity index (χ3v) is 6.34. The number of anilines is 1. The molecule has 1 saturated heterocycles. The summed E-state index contributed by atoms with van der Waals surface area (Å²) < 4.78 is 19.0. The first-order chi connectivity index (χ1) is 14.2. The van der Waals surface area contributed by atoms with Gasteiger partial charge in [0.15, 0.2) is 17.1 Å². The number of rotatable bonds is 3. The number of fused-ring (bicyclic) bond motifs is 3. The molecule has 1 aliphatic carbocycles. The van der Waals surface area contributed by atoms with Crippen molar-refractivity contribution in [3.05, 3.63) is 43.0 Å². The highest BCUT2D eigenvalue weighted by Crippen LogP contribution is 2.41. The molecule has 4 atom stereocenters. The molecule has 0 bridgehead atoms. The van der Waals surface area contributed by atoms with Gasteiger partial charge in [0, 0.05) is 31.5 Å². The maximum absolute atomic E-state index is 10.7. The molecule has 4 heterocycles. The summed E-state index contributed by atoms with van der Waals surface area (Å²) in [6.07, 6.45) is 8.28. The van der Waals surface area contributed by atoms with Crippen molar-refractivity contribution in [2.45, 2.75) is 25.0 Å². The van der Waals surface area contributed by atoms with E-state index < -0.39 is 6.10 Å². The number of aliphatic hydroxyl groups is 1. The summed E-state index contributed by atoms with van der Waals surface area (Å²) in [6.45, 7) is 2.08. The predicted molar refractivity (Wildman–Crippen MR) is 104 cm³/mol. The number of hydrogen-bond acceptors (Lipinski definition) is 7. The standard InChI is InChI=1S/C21H22N4O4/c26-16-5-13-10-24(21-9-22-8-20-23-3-4-25(20)21)11-14(13)6-18(16)29-15-1-2-17-19(7-15)28-12-27-17/h1-4,7-9,13-14,16,18,26H,5-6,10-12H2/t13-,14+,16+,18+/m0/s1. The fraction of sp³-hybridized carbons (Fsp3) is 0.429. The molecule has 29 heavy (non-hydrogen) atoms. The number of benzene rings is 1. The fourth-order valence-electron chi connectivity index (χ4n) is 4.90. The molecule has 2 fully saturated rings. The molecule has 8 heteroatoms. The van der Waals surface area contributed by atoms with Gasteiger partial charge < -0.3 is 24.2 Å². The third kappa shape index (κ3) is 2.86. The lowest BCUT2D eigenvalue weighted by Crippen LogP contribution is -2.42. The Morgan fingerprint density at radius 1 is 1.07 bits per heavy atom. The molecule has 6 rings (SSSR count). The summed E-state index contributed by atoms with van der Waals surface area (Å²) in [4.78, 5) is 11.0. The van der Waals surface area contributed by atoms with Gasteiger partial charge in [0.1, 0.15) is 17.7 Å². The molecule has 1 N–H and O–H groups in total. The van der Waals surface area contributed by atoms with Crippen LogP contribution in [0.2, 0.25) is 0 Å². The molecule has 3 aromatic rings. The SMILES string of the molecule is O[C@@H]1C[C@H]2CN(c3cncc4nccn34)C[C@H]2C[C@H]1Oc1ccc2c(c1)OCO2. The highest BCUT2D eigenvalue weighted by atomic mass is 16.7. The molecule has 150 valence electrons. The van der Waals surface area contributed by atoms with Crippen LogP contribution in [0.3, 0.4) is 0 Å². The molecule has 0 spiro atoms. The van der Waals surface area contributed by atoms with E-state index >= 15 is 0 Å². The molecule has 0 unspecified atom stereocenters. The van der Waals surface area contributed by atoms with Crippen LogP contribution < -0.4 is 19.1 Å². The molecule has 0 radical (unpaired) electrons. The Bertz CT molecular complexity index is 1050. The van der Waals surface area contributed by atoms with E-state index in [0.29, 0.717) is 23.3 Å². The van der Waals surface area contributed by atoms with E-state index in [1.807, 2.05) is 30.6 Å². The van der Waals surface area contributed by atoms with Crippen molar-refractivity contribution in [2.24, 2.45) is 11.8 Å². The number of nitrogens with zero attached hydrogens (tertiary/aromatic N) is 4. The normalized spacial score (nSPS) is 28.0. The minimum atomic E-state index is -0.483. The average Bonchev–Trinajstić information content (AvgIpc) is 3.46. The second-order valence-corrected chi connectivity index (χ2v) is 8.06. The van der Waals surface area contributed by atoms with E-state index in [1.54, 1.807) is 12.4 Å². The third-order valence-electron chi connectivity index (χ3n) is 6.34. The van der Waals surface area contributed by atoms with Gasteiger partial charge in [0.25, 0.3) is 0 Å². The van der Waals surface area contributed by atoms with Gasteiger partial charge in [-0.2, -0.15) is 0 Å². The molecular formula is C21H22N4O4. The van der Waals surface area contributed by atoms with Gasteiger partial charge in [0.05, 0.1) is 18.5 Å². The molecule has 8 nitrogen and oxygen atoms in total. The summed E-state index contributed by atoms with van der Waals surface area (Å²) in [6, 6.07) is 5.57. The summed E-state index contributed by atoms with van der Waals surface area (Å²) >= 11 is 0. The first-order valence-corrected chi connectivity index (χ1v) is 10.0. The molecule has 1 aromatic carbocycles. The lowest BCUT2D eigenvalue weighted by molar-refractivity contribution is -0.0232. The lowest BCUT2D eigenvalue weighted by atomic mass is 9.78. The Hall–Kier alpha value is -3.00. The van der Waals surface area contributed by atoms with E-state index in [9.17, 15) is 5.11 Å². The van der Waals surface area contributed by atoms with E-state index in [4.69, 9.17) is 14.2 Å². The number of ether oxygens (including phenoxy) is 3. The van der Waals surface area contributed by atoms with E-state index in [1.165, 1.54) is 0 Å². The van der Waals surface area contributed by atoms with E-state index in [2.05, 4.69) is 19.3 Å². The van der Waals surface area contributed by atoms with Gasteiger partial charge in [-0.1, -0.05) is 0 Å². The molecule has 2 aliphatic heterocycles. The number of hydrogen-bond donors (Lipinski definition) is 1. The Morgan fingerprint density at radius 3 is 2.86 bits per heavy atom. The Labute approximate surface area is 167 Å². The predicted octanol–water partition coefficient (Wildman–Crippen LogP) is 2.11. The molecule has 2 aromatic heterocycles. The molecule has 1 saturated carbocycles. The fourth-order valence-corrected chi connectivity index (χ4v) is 4.90. The zero-order valence-corrected chi connectivity index (χ0v) is 15.8. The first kappa shape index (κ1) is 16.9. The van der Waals surface area contributed by atoms with Crippen molar-refractivity contribution < 1.29 is 19.3 Å². The van der Waals surface area contributed by atoms with Gasteiger partial charge in [-0.15, -0.1) is 0 Å². The van der Waals surface area contributed by atoms with E-state index in [-0.39, 0.29) is 12.9 Å². The van der Waals surface area contributed by atoms with Crippen molar-refractivity contribution in [3.63, 3.8) is 0 Å². The Balaban J connectivity index is 1.19. The quantitative estimate of drug-likeness (QED) is 0.729. The summed E-state index contributed by atoms with van der Waals surface area (Å²) in [5.41, 5.74) is 0.849. The highest BCUT2D eigenvalue weighted by Gasteiger charge is 2.43. The van der Waals surface area contributed by atoms with Crippen LogP contribution in [0.4, 0.5) is 5.82 Å². The number of imidazole rings is 1. The van der Waals surface area contributed by atoms with Crippen LogP contribution in [0.15, 0.2) is 43.0 Å². The van der Waals surface area contributed by atoms with Crippen molar-refractivity contribution >= 4 is 11.5 Å². The second-order valence-electron chi connectivity index (χ2n) is 8.06. The van der Waals surface area contributed by atoms with E-state index in [0.717, 1.165) is 43.1 Å². The average molecular weight is 394 g/mol. The van der Waals surface area contributed by atoms with Gasteiger partial charge >= 0.3 is 0 Å². The smallest absolute Gasteiger partial charge is 0.231 e. The first-order valence-electron chi connectivity index (χ1n) is 10.0. The van der Waals surface area contributed by atoms with Gasteiger partial charge in [-0.05, 0) is 36.8 Å². The van der Waals surface area contributed by atoms with Crippen LogP contribution >= 0.6 is 0 Å². The van der Waals surface area contributed by atoms with Crippen LogP contribution in [0.1, 0.15) is 12.8 Å². The number of aromatic nitrogens is 3.